The van der Waals surface area contributed by atoms with Gasteiger partial charge in [-0.05, 0) is 48.9 Å². The first kappa shape index (κ1) is 20.6. The molecule has 1 aromatic carbocycles. The third kappa shape index (κ3) is 3.51. The number of nitrogens with zero attached hydrogens (tertiary/aromatic N) is 2. The fourth-order valence-electron chi connectivity index (χ4n) is 5.28. The van der Waals surface area contributed by atoms with Gasteiger partial charge in [-0.2, -0.15) is 0 Å². The number of anilines is 1. The van der Waals surface area contributed by atoms with Gasteiger partial charge in [0, 0.05) is 18.3 Å². The Morgan fingerprint density at radius 1 is 1.17 bits per heavy atom. The van der Waals surface area contributed by atoms with Crippen molar-refractivity contribution in [2.45, 2.75) is 64.3 Å². The Balaban J connectivity index is 1.83. The van der Waals surface area contributed by atoms with Crippen LogP contribution in [0.2, 0.25) is 0 Å². The van der Waals surface area contributed by atoms with Crippen molar-refractivity contribution in [3.8, 4) is 0 Å². The van der Waals surface area contributed by atoms with E-state index in [2.05, 4.69) is 24.1 Å². The van der Waals surface area contributed by atoms with Gasteiger partial charge in [0.05, 0.1) is 11.5 Å². The van der Waals surface area contributed by atoms with Crippen LogP contribution in [0.1, 0.15) is 73.4 Å². The lowest BCUT2D eigenvalue weighted by molar-refractivity contribution is -0.122. The van der Waals surface area contributed by atoms with E-state index in [1.54, 1.807) is 6.20 Å². The first-order valence-corrected chi connectivity index (χ1v) is 11.1. The Morgan fingerprint density at radius 2 is 1.90 bits per heavy atom. The summed E-state index contributed by atoms with van der Waals surface area (Å²) in [5.41, 5.74) is 1.98. The summed E-state index contributed by atoms with van der Waals surface area (Å²) in [7, 11) is 0. The van der Waals surface area contributed by atoms with E-state index in [9.17, 15) is 9.59 Å². The van der Waals surface area contributed by atoms with Crippen molar-refractivity contribution in [2.24, 2.45) is 5.92 Å². The number of benzene rings is 1. The second-order valence-corrected chi connectivity index (χ2v) is 9.15. The van der Waals surface area contributed by atoms with Crippen LogP contribution in [0.25, 0.3) is 0 Å². The second kappa shape index (κ2) is 8.21. The van der Waals surface area contributed by atoms with Gasteiger partial charge in [0.2, 0.25) is 5.91 Å². The first-order chi connectivity index (χ1) is 14.4. The second-order valence-electron chi connectivity index (χ2n) is 9.15. The number of carbonyl (C=O) groups is 2. The molecule has 1 aromatic heterocycles. The Hall–Kier alpha value is -2.69. The van der Waals surface area contributed by atoms with Crippen LogP contribution in [-0.4, -0.2) is 33.8 Å². The maximum atomic E-state index is 13.8. The third-order valence-electron chi connectivity index (χ3n) is 6.60. The van der Waals surface area contributed by atoms with Crippen LogP contribution in [0.3, 0.4) is 0 Å². The van der Waals surface area contributed by atoms with Gasteiger partial charge in [-0.1, -0.05) is 57.4 Å². The van der Waals surface area contributed by atoms with Gasteiger partial charge in [-0.25, -0.2) is 4.98 Å². The first-order valence-electron chi connectivity index (χ1n) is 11.1. The number of fused-ring (bicyclic) bond motifs is 1. The maximum Gasteiger partial charge on any atom is 0.254 e. The highest BCUT2D eigenvalue weighted by Crippen LogP contribution is 2.49. The highest BCUT2D eigenvalue weighted by Gasteiger charge is 2.54. The normalized spacial score (nSPS) is 20.3. The molecule has 2 heterocycles. The quantitative estimate of drug-likeness (QED) is 0.785. The molecule has 2 aromatic rings. The molecular formula is C25H31N3O2. The zero-order chi connectivity index (χ0) is 21.3. The minimum absolute atomic E-state index is 0.0626. The van der Waals surface area contributed by atoms with E-state index in [1.165, 1.54) is 0 Å². The molecule has 1 aliphatic carbocycles. The average molecular weight is 406 g/mol. The predicted molar refractivity (Wildman–Crippen MR) is 118 cm³/mol. The molecule has 1 fully saturated rings. The van der Waals surface area contributed by atoms with Crippen molar-refractivity contribution in [1.29, 1.82) is 0 Å². The highest BCUT2D eigenvalue weighted by atomic mass is 16.2. The number of rotatable bonds is 4. The third-order valence-corrected chi connectivity index (χ3v) is 6.60. The predicted octanol–water partition coefficient (Wildman–Crippen LogP) is 4.93. The average Bonchev–Trinajstić information content (AvgIpc) is 2.73. The number of aryl methyl sites for hydroxylation is 1. The zero-order valence-electron chi connectivity index (χ0n) is 18.1. The van der Waals surface area contributed by atoms with Gasteiger partial charge < -0.3 is 10.2 Å². The van der Waals surface area contributed by atoms with E-state index in [1.807, 2.05) is 48.2 Å². The Morgan fingerprint density at radius 3 is 2.60 bits per heavy atom. The van der Waals surface area contributed by atoms with Gasteiger partial charge in [0.15, 0.2) is 0 Å². The van der Waals surface area contributed by atoms with Crippen molar-refractivity contribution in [1.82, 2.24) is 9.88 Å². The van der Waals surface area contributed by atoms with Crippen LogP contribution in [0.4, 0.5) is 5.82 Å². The number of carbonyl (C=O) groups excluding carboxylic acids is 2. The standard InChI is InChI=1S/C25H31N3O2/c1-17(2)16-28-24(30)20-12-6-5-11-19(20)21(25(28)13-7-4-8-14-25)23(29)27-22-18(3)10-9-15-26-22/h5-6,9-12,15,17,21H,4,7-8,13-14,16H2,1-3H3,(H,26,27,29). The molecular weight excluding hydrogens is 374 g/mol. The van der Waals surface area contributed by atoms with E-state index in [4.69, 9.17) is 0 Å². The van der Waals surface area contributed by atoms with E-state index in [0.717, 1.165) is 43.2 Å². The van der Waals surface area contributed by atoms with E-state index in [-0.39, 0.29) is 11.8 Å². The Kier molecular flexibility index (Phi) is 5.63. The van der Waals surface area contributed by atoms with Crippen molar-refractivity contribution in [2.75, 3.05) is 11.9 Å². The van der Waals surface area contributed by atoms with Gasteiger partial charge in [-0.3, -0.25) is 9.59 Å². The molecule has 1 spiro atoms. The molecule has 2 aliphatic rings. The molecule has 5 heteroatoms. The van der Waals surface area contributed by atoms with Crippen molar-refractivity contribution >= 4 is 17.6 Å². The minimum atomic E-state index is -0.472. The summed E-state index contributed by atoms with van der Waals surface area (Å²) >= 11 is 0. The number of hydrogen-bond acceptors (Lipinski definition) is 3. The van der Waals surface area contributed by atoms with Crippen LogP contribution >= 0.6 is 0 Å². The maximum absolute atomic E-state index is 13.8. The molecule has 1 unspecified atom stereocenters. The molecule has 2 amide bonds. The fourth-order valence-corrected chi connectivity index (χ4v) is 5.28. The Bertz CT molecular complexity index is 947. The van der Waals surface area contributed by atoms with E-state index in [0.29, 0.717) is 23.8 Å². The number of amides is 2. The molecule has 1 N–H and O–H groups in total. The molecule has 1 atom stereocenters. The lowest BCUT2D eigenvalue weighted by Gasteiger charge is -2.54. The van der Waals surface area contributed by atoms with Crippen LogP contribution < -0.4 is 5.32 Å². The lowest BCUT2D eigenvalue weighted by Crippen LogP contribution is -2.62. The summed E-state index contributed by atoms with van der Waals surface area (Å²) < 4.78 is 0. The smallest absolute Gasteiger partial charge is 0.254 e. The van der Waals surface area contributed by atoms with Gasteiger partial charge >= 0.3 is 0 Å². The number of nitrogens with one attached hydrogen (secondary N) is 1. The lowest BCUT2D eigenvalue weighted by atomic mass is 9.65. The van der Waals surface area contributed by atoms with E-state index < -0.39 is 11.5 Å². The van der Waals surface area contributed by atoms with Gasteiger partial charge in [-0.15, -0.1) is 0 Å². The van der Waals surface area contributed by atoms with Crippen LogP contribution in [0.15, 0.2) is 42.6 Å². The molecule has 1 aliphatic heterocycles. The molecule has 1 saturated carbocycles. The summed E-state index contributed by atoms with van der Waals surface area (Å²) in [6.07, 6.45) is 6.65. The monoisotopic (exact) mass is 405 g/mol. The molecule has 0 radical (unpaired) electrons. The van der Waals surface area contributed by atoms with Crippen LogP contribution in [-0.2, 0) is 4.79 Å². The summed E-state index contributed by atoms with van der Waals surface area (Å²) in [6.45, 7) is 6.88. The summed E-state index contributed by atoms with van der Waals surface area (Å²) in [5.74, 6) is 0.538. The number of aromatic nitrogens is 1. The summed E-state index contributed by atoms with van der Waals surface area (Å²) in [6, 6.07) is 11.5. The summed E-state index contributed by atoms with van der Waals surface area (Å²) in [4.78, 5) is 33.8. The number of pyridine rings is 1. The molecule has 5 nitrogen and oxygen atoms in total. The van der Waals surface area contributed by atoms with Crippen molar-refractivity contribution in [3.05, 3.63) is 59.3 Å². The van der Waals surface area contributed by atoms with E-state index >= 15 is 0 Å². The highest BCUT2D eigenvalue weighted by molar-refractivity contribution is 6.05. The van der Waals surface area contributed by atoms with Crippen molar-refractivity contribution in [3.63, 3.8) is 0 Å². The topological polar surface area (TPSA) is 62.3 Å². The molecule has 0 saturated heterocycles. The molecule has 0 bridgehead atoms. The zero-order valence-corrected chi connectivity index (χ0v) is 18.1. The summed E-state index contributed by atoms with van der Waals surface area (Å²) in [5, 5.41) is 3.09. The minimum Gasteiger partial charge on any atom is -0.332 e. The van der Waals surface area contributed by atoms with Crippen LogP contribution in [0, 0.1) is 12.8 Å². The van der Waals surface area contributed by atoms with Crippen LogP contribution in [0.5, 0.6) is 0 Å². The molecule has 30 heavy (non-hydrogen) atoms. The molecule has 4 rings (SSSR count). The van der Waals surface area contributed by atoms with Gasteiger partial charge in [0.25, 0.3) is 5.91 Å². The molecule has 158 valence electrons. The largest absolute Gasteiger partial charge is 0.332 e. The number of hydrogen-bond donors (Lipinski definition) is 1. The fraction of sp³-hybridized carbons (Fsp3) is 0.480. The SMILES string of the molecule is Cc1cccnc1NC(=O)C1c2ccccc2C(=O)N(CC(C)C)C12CCCCC2. The Labute approximate surface area is 178 Å². The van der Waals surface area contributed by atoms with Crippen molar-refractivity contribution < 1.29 is 9.59 Å². The van der Waals surface area contributed by atoms with Gasteiger partial charge in [0.1, 0.15) is 5.82 Å².